The van der Waals surface area contributed by atoms with E-state index >= 15 is 26.3 Å². The highest BCUT2D eigenvalue weighted by molar-refractivity contribution is 6.03. The number of hydrogen-bond acceptors (Lipinski definition) is 3. The molecule has 0 aliphatic rings. The van der Waals surface area contributed by atoms with Crippen LogP contribution in [0.4, 0.5) is 37.7 Å². The maximum Gasteiger partial charge on any atom is 0.195 e. The van der Waals surface area contributed by atoms with Gasteiger partial charge in [0.15, 0.2) is 34.9 Å². The topological polar surface area (TPSA) is 37.6 Å². The minimum Gasteiger partial charge on any atom is -0.251 e. The van der Waals surface area contributed by atoms with Crippen molar-refractivity contribution in [1.82, 2.24) is 4.98 Å². The molecule has 0 N–H and O–H groups in total. The average molecular weight is 1090 g/mol. The molecule has 0 amide bonds. The van der Waals surface area contributed by atoms with Crippen molar-refractivity contribution in [2.24, 2.45) is 9.98 Å². The highest BCUT2D eigenvalue weighted by atomic mass is 19.2. The van der Waals surface area contributed by atoms with Crippen molar-refractivity contribution in [2.45, 2.75) is 37.5 Å². The average Bonchev–Trinajstić information content (AvgIpc) is 3.63. The Balaban J connectivity index is 1.16. The lowest BCUT2D eigenvalue weighted by molar-refractivity contribution is 0.434. The maximum atomic E-state index is 17.5. The molecule has 0 fully saturated rings. The highest BCUT2D eigenvalue weighted by Gasteiger charge is 2.38. The third-order valence-electron chi connectivity index (χ3n) is 15.0. The Bertz CT molecular complexity index is 3410. The molecule has 0 saturated heterocycles. The van der Waals surface area contributed by atoms with E-state index in [1.807, 2.05) is 243 Å². The molecule has 10 aromatic carbocycles. The number of benzene rings is 10. The van der Waals surface area contributed by atoms with E-state index in [2.05, 4.69) is 0 Å². The Morgan fingerprint density at radius 3 is 0.622 bits per heavy atom. The lowest BCUT2D eigenvalue weighted by Gasteiger charge is -2.28. The van der Waals surface area contributed by atoms with Gasteiger partial charge in [-0.25, -0.2) is 31.3 Å². The second-order valence-corrected chi connectivity index (χ2v) is 20.1. The van der Waals surface area contributed by atoms with Crippen molar-refractivity contribution in [3.05, 3.63) is 374 Å². The molecule has 0 radical (unpaired) electrons. The zero-order chi connectivity index (χ0) is 56.7. The van der Waals surface area contributed by atoms with Crippen molar-refractivity contribution < 1.29 is 26.3 Å². The molecule has 82 heavy (non-hydrogen) atoms. The molecule has 1 aromatic heterocycles. The SMILES string of the molecule is CC(=Nc1c(C(c2ccccc2)c2ccccc2)c(F)c(F)c(F)c1C(c1ccccc1)c1ccccc1)c1cccc(C(C)=Nc2c(C(c3ccccc3)c3ccccc3)c(F)c(F)c(F)c2C(c2ccccc2)c2ccccc2)n1. The van der Waals surface area contributed by atoms with E-state index in [9.17, 15) is 0 Å². The van der Waals surface area contributed by atoms with Gasteiger partial charge in [-0.15, -0.1) is 0 Å². The van der Waals surface area contributed by atoms with Crippen LogP contribution in [0.2, 0.25) is 0 Å². The van der Waals surface area contributed by atoms with Gasteiger partial charge in [0, 0.05) is 45.9 Å². The summed E-state index contributed by atoms with van der Waals surface area (Å²) in [6.07, 6.45) is 0. The van der Waals surface area contributed by atoms with Crippen molar-refractivity contribution in [2.75, 3.05) is 0 Å². The van der Waals surface area contributed by atoms with Crippen LogP contribution in [0.25, 0.3) is 0 Å². The molecular weight excluding hydrogens is 1030 g/mol. The lowest BCUT2D eigenvalue weighted by Crippen LogP contribution is -2.16. The molecule has 0 aliphatic heterocycles. The van der Waals surface area contributed by atoms with Crippen molar-refractivity contribution in [1.29, 1.82) is 0 Å². The first-order valence-corrected chi connectivity index (χ1v) is 27.0. The van der Waals surface area contributed by atoms with Gasteiger partial charge in [-0.05, 0) is 70.5 Å². The summed E-state index contributed by atoms with van der Waals surface area (Å²) in [7, 11) is 0. The monoisotopic (exact) mass is 1090 g/mol. The molecule has 0 atom stereocenters. The third kappa shape index (κ3) is 10.9. The summed E-state index contributed by atoms with van der Waals surface area (Å²) in [5.41, 5.74) is 4.76. The Kier molecular flexibility index (Phi) is 16.1. The van der Waals surface area contributed by atoms with Gasteiger partial charge in [-0.3, -0.25) is 9.98 Å². The van der Waals surface area contributed by atoms with Gasteiger partial charge < -0.3 is 0 Å². The number of nitrogens with zero attached hydrogens (tertiary/aromatic N) is 3. The predicted octanol–water partition coefficient (Wildman–Crippen LogP) is 18.9. The first-order chi connectivity index (χ1) is 40.1. The highest BCUT2D eigenvalue weighted by Crippen LogP contribution is 2.50. The number of rotatable bonds is 16. The van der Waals surface area contributed by atoms with Gasteiger partial charge in [0.05, 0.1) is 34.2 Å². The molecule has 11 rings (SSSR count). The zero-order valence-corrected chi connectivity index (χ0v) is 44.7. The molecule has 3 nitrogen and oxygen atoms in total. The Hall–Kier alpha value is -9.73. The third-order valence-corrected chi connectivity index (χ3v) is 15.0. The second kappa shape index (κ2) is 24.3. The smallest absolute Gasteiger partial charge is 0.195 e. The molecule has 11 aromatic rings. The lowest BCUT2D eigenvalue weighted by atomic mass is 9.78. The van der Waals surface area contributed by atoms with Crippen LogP contribution in [0.1, 0.15) is 116 Å². The van der Waals surface area contributed by atoms with E-state index < -0.39 is 58.6 Å². The molecule has 0 bridgehead atoms. The standard InChI is InChI=1S/C73H53F6N3/c1-46(80-72-62(58(48-28-11-3-12-29-48)49-30-13-4-14-31-49)66(74)70(78)67(75)63(72)59(50-32-15-5-16-33-50)51-34-17-6-18-35-51)56-44-27-45-57(82-56)47(2)81-73-64(60(52-36-19-7-20-37-52)53-38-21-8-22-39-53)68(76)71(79)69(77)65(73)61(54-40-23-9-24-41-54)55-42-25-10-26-43-55/h3-45,58-61H,1-2H3. The molecule has 402 valence electrons. The number of pyridine rings is 1. The molecule has 0 spiro atoms. The number of aliphatic imine (C=N–C) groups is 2. The molecule has 0 aliphatic carbocycles. The molecular formula is C73H53F6N3. The fraction of sp³-hybridized carbons (Fsp3) is 0.0822. The quantitative estimate of drug-likeness (QED) is 0.0411. The number of halogens is 6. The minimum atomic E-state index is -1.64. The van der Waals surface area contributed by atoms with Crippen LogP contribution < -0.4 is 0 Å². The van der Waals surface area contributed by atoms with E-state index in [-0.39, 0.29) is 56.4 Å². The van der Waals surface area contributed by atoms with Gasteiger partial charge in [0.25, 0.3) is 0 Å². The minimum absolute atomic E-state index is 0.130. The summed E-state index contributed by atoms with van der Waals surface area (Å²) < 4.78 is 104. The number of aromatic nitrogens is 1. The van der Waals surface area contributed by atoms with E-state index in [1.165, 1.54) is 0 Å². The maximum absolute atomic E-state index is 17.5. The first kappa shape index (κ1) is 54.2. The molecule has 0 saturated carbocycles. The Morgan fingerprint density at radius 2 is 0.439 bits per heavy atom. The van der Waals surface area contributed by atoms with Gasteiger partial charge in [0.1, 0.15) is 0 Å². The summed E-state index contributed by atoms with van der Waals surface area (Å²) >= 11 is 0. The normalized spacial score (nSPS) is 12.0. The van der Waals surface area contributed by atoms with E-state index in [0.29, 0.717) is 44.5 Å². The summed E-state index contributed by atoms with van der Waals surface area (Å²) in [5.74, 6) is -12.8. The van der Waals surface area contributed by atoms with Crippen LogP contribution in [0, 0.1) is 34.9 Å². The molecule has 1 heterocycles. The van der Waals surface area contributed by atoms with Crippen molar-refractivity contribution >= 4 is 22.8 Å². The van der Waals surface area contributed by atoms with Crippen LogP contribution in [0.3, 0.4) is 0 Å². The van der Waals surface area contributed by atoms with Gasteiger partial charge in [0.2, 0.25) is 0 Å². The Morgan fingerprint density at radius 1 is 0.256 bits per heavy atom. The number of hydrogen-bond donors (Lipinski definition) is 0. The van der Waals surface area contributed by atoms with Crippen molar-refractivity contribution in [3.63, 3.8) is 0 Å². The largest absolute Gasteiger partial charge is 0.251 e. The van der Waals surface area contributed by atoms with Crippen LogP contribution in [0.15, 0.2) is 271 Å². The first-order valence-electron chi connectivity index (χ1n) is 27.0. The molecule has 9 heteroatoms. The van der Waals surface area contributed by atoms with Crippen LogP contribution in [-0.2, 0) is 0 Å². The van der Waals surface area contributed by atoms with Crippen molar-refractivity contribution in [3.8, 4) is 0 Å². The summed E-state index contributed by atoms with van der Waals surface area (Å²) in [6.45, 7) is 3.31. The van der Waals surface area contributed by atoms with Gasteiger partial charge in [-0.1, -0.05) is 249 Å². The van der Waals surface area contributed by atoms with Crippen LogP contribution in [0.5, 0.6) is 0 Å². The predicted molar refractivity (Wildman–Crippen MR) is 316 cm³/mol. The second-order valence-electron chi connectivity index (χ2n) is 20.1. The fourth-order valence-electron chi connectivity index (χ4n) is 11.2. The van der Waals surface area contributed by atoms with Gasteiger partial charge >= 0.3 is 0 Å². The van der Waals surface area contributed by atoms with Gasteiger partial charge in [-0.2, -0.15) is 0 Å². The van der Waals surface area contributed by atoms with E-state index in [0.717, 1.165) is 0 Å². The summed E-state index contributed by atoms with van der Waals surface area (Å²) in [6, 6.07) is 77.7. The van der Waals surface area contributed by atoms with Crippen LogP contribution in [-0.4, -0.2) is 16.4 Å². The zero-order valence-electron chi connectivity index (χ0n) is 44.7. The Labute approximate surface area is 473 Å². The summed E-state index contributed by atoms with van der Waals surface area (Å²) in [4.78, 5) is 15.4. The van der Waals surface area contributed by atoms with E-state index in [4.69, 9.17) is 15.0 Å². The van der Waals surface area contributed by atoms with Crippen LogP contribution >= 0.6 is 0 Å². The fourth-order valence-corrected chi connectivity index (χ4v) is 11.2. The summed E-state index contributed by atoms with van der Waals surface area (Å²) in [5, 5.41) is 0. The van der Waals surface area contributed by atoms with E-state index in [1.54, 1.807) is 32.0 Å². The molecule has 0 unspecified atom stereocenters.